The molecule has 3 heterocycles. The summed E-state index contributed by atoms with van der Waals surface area (Å²) in [7, 11) is 0. The first-order chi connectivity index (χ1) is 24.5. The minimum atomic E-state index is -0.151. The SMILES string of the molecule is O=C1c2cc3c(cc2C2CCC4CC12C4)c1cc(-c2ccc4c(c2)sc2ccccc24)cc2c4cc5c(cc4n3c12)C(=O)C12CC(CCC51)C2. The molecule has 2 unspecified atom stereocenters. The fourth-order valence-electron chi connectivity index (χ4n) is 13.1. The molecule has 6 fully saturated rings. The molecule has 2 atom stereocenters. The lowest BCUT2D eigenvalue weighted by molar-refractivity contribution is -0.00254. The molecule has 8 aromatic rings. The summed E-state index contributed by atoms with van der Waals surface area (Å²) in [5.74, 6) is 2.99. The summed E-state index contributed by atoms with van der Waals surface area (Å²) in [6.45, 7) is 0. The van der Waals surface area contributed by atoms with E-state index in [2.05, 4.69) is 83.3 Å². The van der Waals surface area contributed by atoms with Gasteiger partial charge in [-0.05, 0) is 146 Å². The molecule has 0 radical (unpaired) electrons. The zero-order valence-corrected chi connectivity index (χ0v) is 28.5. The zero-order chi connectivity index (χ0) is 32.4. The zero-order valence-electron chi connectivity index (χ0n) is 27.6. The smallest absolute Gasteiger partial charge is 0.169 e. The summed E-state index contributed by atoms with van der Waals surface area (Å²) in [4.78, 5) is 28.5. The van der Waals surface area contributed by atoms with Gasteiger partial charge in [0.05, 0.1) is 16.6 Å². The van der Waals surface area contributed by atoms with E-state index in [1.54, 1.807) is 0 Å². The van der Waals surface area contributed by atoms with Gasteiger partial charge in [0.1, 0.15) is 0 Å². The molecule has 8 aliphatic rings. The van der Waals surface area contributed by atoms with Gasteiger partial charge in [0, 0.05) is 63.7 Å². The van der Waals surface area contributed by atoms with Crippen molar-refractivity contribution < 1.29 is 9.59 Å². The van der Waals surface area contributed by atoms with Crippen molar-refractivity contribution in [3.63, 3.8) is 0 Å². The predicted molar refractivity (Wildman–Crippen MR) is 202 cm³/mol. The van der Waals surface area contributed by atoms with Crippen LogP contribution in [-0.4, -0.2) is 16.0 Å². The van der Waals surface area contributed by atoms with Crippen molar-refractivity contribution in [1.29, 1.82) is 0 Å². The minimum absolute atomic E-state index is 0.151. The summed E-state index contributed by atoms with van der Waals surface area (Å²) >= 11 is 1.87. The number of hydrogen-bond acceptors (Lipinski definition) is 3. The van der Waals surface area contributed by atoms with E-state index in [9.17, 15) is 9.59 Å². The third kappa shape index (κ3) is 2.73. The second-order valence-electron chi connectivity index (χ2n) is 17.3. The summed E-state index contributed by atoms with van der Waals surface area (Å²) in [5, 5.41) is 7.68. The van der Waals surface area contributed by atoms with E-state index < -0.39 is 0 Å². The van der Waals surface area contributed by atoms with Crippen molar-refractivity contribution in [1.82, 2.24) is 4.40 Å². The lowest BCUT2D eigenvalue weighted by Gasteiger charge is -2.53. The summed E-state index contributed by atoms with van der Waals surface area (Å²) in [6.07, 6.45) is 9.08. The van der Waals surface area contributed by atoms with Crippen molar-refractivity contribution in [3.8, 4) is 11.1 Å². The van der Waals surface area contributed by atoms with E-state index in [0.29, 0.717) is 23.4 Å². The standard InChI is InChI=1S/C46H33NO2S/c48-43-34-16-38-30(14-28(34)36-9-5-22-18-45(36,43)19-22)32-11-25(24-7-8-27-26-3-1-2-4-40(26)50-41(27)13-24)12-33-31-15-29-35(17-39(31)47(38)42(32)33)44(49)46-20-23(21-46)6-10-37(29)46/h1-4,7-8,11-17,22-23,36-37H,5-6,9-10,18-21H2. The topological polar surface area (TPSA) is 38.5 Å². The van der Waals surface area contributed by atoms with Crippen molar-refractivity contribution >= 4 is 81.2 Å². The maximum absolute atomic E-state index is 14.2. The molecule has 3 nitrogen and oxygen atoms in total. The molecule has 50 heavy (non-hydrogen) atoms. The molecule has 4 heteroatoms. The largest absolute Gasteiger partial charge is 0.308 e. The Bertz CT molecular complexity index is 2820. The van der Waals surface area contributed by atoms with Gasteiger partial charge in [0.2, 0.25) is 0 Å². The number of thiophene rings is 1. The highest BCUT2D eigenvalue weighted by Gasteiger charge is 2.63. The molecule has 8 aliphatic carbocycles. The predicted octanol–water partition coefficient (Wildman–Crippen LogP) is 11.8. The fraction of sp³-hybridized carbons (Fsp3) is 0.304. The normalized spacial score (nSPS) is 30.4. The number of Topliss-reactive ketones (excluding diaryl/α,β-unsaturated/α-hetero) is 2. The van der Waals surface area contributed by atoms with Gasteiger partial charge < -0.3 is 4.40 Å². The van der Waals surface area contributed by atoms with Crippen molar-refractivity contribution in [2.75, 3.05) is 0 Å². The molecule has 0 amide bonds. The molecular weight excluding hydrogens is 631 g/mol. The number of rotatable bonds is 1. The summed E-state index contributed by atoms with van der Waals surface area (Å²) < 4.78 is 5.08. The first kappa shape index (κ1) is 26.3. The van der Waals surface area contributed by atoms with Crippen LogP contribution in [0.2, 0.25) is 0 Å². The number of carbonyl (C=O) groups excluding carboxylic acids is 2. The van der Waals surface area contributed by atoms with E-state index in [1.807, 2.05) is 11.3 Å². The minimum Gasteiger partial charge on any atom is -0.308 e. The Labute approximate surface area is 292 Å². The molecule has 2 spiro atoms. The van der Waals surface area contributed by atoms with Crippen molar-refractivity contribution in [2.24, 2.45) is 22.7 Å². The number of hydrogen-bond donors (Lipinski definition) is 0. The highest BCUT2D eigenvalue weighted by atomic mass is 32.1. The highest BCUT2D eigenvalue weighted by molar-refractivity contribution is 7.25. The van der Waals surface area contributed by atoms with Crippen molar-refractivity contribution in [3.05, 3.63) is 101 Å². The first-order valence-corrected chi connectivity index (χ1v) is 19.7. The van der Waals surface area contributed by atoms with Crippen LogP contribution in [-0.2, 0) is 0 Å². The molecule has 4 bridgehead atoms. The van der Waals surface area contributed by atoms with Crippen LogP contribution in [0.1, 0.15) is 95.0 Å². The van der Waals surface area contributed by atoms with Gasteiger partial charge in [-0.25, -0.2) is 0 Å². The van der Waals surface area contributed by atoms with Gasteiger partial charge in [-0.2, -0.15) is 0 Å². The number of carbonyl (C=O) groups is 2. The molecule has 16 rings (SSSR count). The number of nitrogens with zero attached hydrogens (tertiary/aromatic N) is 1. The average Bonchev–Trinajstić information content (AvgIpc) is 3.88. The lowest BCUT2D eigenvalue weighted by Crippen LogP contribution is -2.48. The van der Waals surface area contributed by atoms with E-state index in [4.69, 9.17) is 0 Å². The van der Waals surface area contributed by atoms with Gasteiger partial charge in [0.15, 0.2) is 11.6 Å². The quantitative estimate of drug-likeness (QED) is 0.175. The summed E-state index contributed by atoms with van der Waals surface area (Å²) in [5.41, 5.74) is 10.2. The number of ketones is 2. The first-order valence-electron chi connectivity index (χ1n) is 18.9. The molecule has 0 N–H and O–H groups in total. The molecule has 6 saturated carbocycles. The van der Waals surface area contributed by atoms with Crippen LogP contribution in [0.25, 0.3) is 69.4 Å². The molecule has 5 aromatic carbocycles. The Morgan fingerprint density at radius 2 is 1.12 bits per heavy atom. The van der Waals surface area contributed by atoms with Crippen LogP contribution >= 0.6 is 11.3 Å². The maximum atomic E-state index is 14.2. The van der Waals surface area contributed by atoms with Gasteiger partial charge in [0.25, 0.3) is 0 Å². The second-order valence-corrected chi connectivity index (χ2v) is 18.3. The van der Waals surface area contributed by atoms with Crippen molar-refractivity contribution in [2.45, 2.75) is 63.2 Å². The lowest BCUT2D eigenvalue weighted by atomic mass is 9.49. The molecule has 0 aliphatic heterocycles. The third-order valence-corrected chi connectivity index (χ3v) is 16.4. The maximum Gasteiger partial charge on any atom is 0.169 e. The highest BCUT2D eigenvalue weighted by Crippen LogP contribution is 2.69. The fourth-order valence-corrected chi connectivity index (χ4v) is 14.3. The van der Waals surface area contributed by atoms with Gasteiger partial charge in [-0.3, -0.25) is 9.59 Å². The Balaban J connectivity index is 1.08. The second kappa shape index (κ2) is 8.16. The van der Waals surface area contributed by atoms with Gasteiger partial charge >= 0.3 is 0 Å². The van der Waals surface area contributed by atoms with Crippen LogP contribution in [0.15, 0.2) is 78.9 Å². The number of benzene rings is 5. The molecule has 240 valence electrons. The number of aromatic nitrogens is 1. The Morgan fingerprint density at radius 1 is 0.540 bits per heavy atom. The molecule has 0 saturated heterocycles. The third-order valence-electron chi connectivity index (χ3n) is 15.3. The van der Waals surface area contributed by atoms with Crippen LogP contribution < -0.4 is 0 Å². The summed E-state index contributed by atoms with van der Waals surface area (Å²) in [6, 6.07) is 29.9. The van der Waals surface area contributed by atoms with Crippen LogP contribution in [0.3, 0.4) is 0 Å². The van der Waals surface area contributed by atoms with E-state index >= 15 is 0 Å². The van der Waals surface area contributed by atoms with E-state index in [-0.39, 0.29) is 10.8 Å². The monoisotopic (exact) mass is 663 g/mol. The molecule has 3 aromatic heterocycles. The molecular formula is C46H33NO2S. The average molecular weight is 664 g/mol. The van der Waals surface area contributed by atoms with E-state index in [0.717, 1.165) is 72.5 Å². The number of fused-ring (bicyclic) bond motifs is 13. The van der Waals surface area contributed by atoms with E-state index in [1.165, 1.54) is 82.3 Å². The van der Waals surface area contributed by atoms with Crippen LogP contribution in [0, 0.1) is 22.7 Å². The van der Waals surface area contributed by atoms with Gasteiger partial charge in [-0.1, -0.05) is 30.3 Å². The van der Waals surface area contributed by atoms with Crippen LogP contribution in [0.4, 0.5) is 0 Å². The van der Waals surface area contributed by atoms with Crippen LogP contribution in [0.5, 0.6) is 0 Å². The Morgan fingerprint density at radius 3 is 1.74 bits per heavy atom. The Hall–Kier alpha value is -4.54. The van der Waals surface area contributed by atoms with Gasteiger partial charge in [-0.15, -0.1) is 11.3 Å². The Kier molecular flexibility index (Phi) is 4.29.